The number of thioether (sulfide) groups is 1. The highest BCUT2D eigenvalue weighted by molar-refractivity contribution is 14.0. The second kappa shape index (κ2) is 11.3. The highest BCUT2D eigenvalue weighted by atomic mass is 127. The molecule has 0 aliphatic rings. The fourth-order valence-corrected chi connectivity index (χ4v) is 2.04. The van der Waals surface area contributed by atoms with Crippen LogP contribution in [-0.4, -0.2) is 25.8 Å². The van der Waals surface area contributed by atoms with Crippen LogP contribution >= 0.6 is 35.7 Å². The van der Waals surface area contributed by atoms with Gasteiger partial charge in [-0.3, -0.25) is 4.99 Å². The van der Waals surface area contributed by atoms with Gasteiger partial charge in [0, 0.05) is 25.0 Å². The van der Waals surface area contributed by atoms with Crippen LogP contribution in [0.25, 0.3) is 0 Å². The van der Waals surface area contributed by atoms with Crippen LogP contribution in [0.2, 0.25) is 0 Å². The summed E-state index contributed by atoms with van der Waals surface area (Å²) in [6.07, 6.45) is 3.25. The first-order valence-electron chi connectivity index (χ1n) is 6.73. The van der Waals surface area contributed by atoms with Gasteiger partial charge in [0.25, 0.3) is 0 Å². The van der Waals surface area contributed by atoms with E-state index in [-0.39, 0.29) is 24.0 Å². The summed E-state index contributed by atoms with van der Waals surface area (Å²) in [4.78, 5) is 5.52. The Hall–Kier alpha value is -0.430. The molecular formula is C15H26IN3S. The Morgan fingerprint density at radius 2 is 1.85 bits per heavy atom. The monoisotopic (exact) mass is 407 g/mol. The number of hydrogen-bond acceptors (Lipinski definition) is 2. The van der Waals surface area contributed by atoms with E-state index >= 15 is 0 Å². The number of rotatable bonds is 6. The predicted octanol–water partition coefficient (Wildman–Crippen LogP) is 3.74. The molecule has 1 aromatic carbocycles. The summed E-state index contributed by atoms with van der Waals surface area (Å²) in [6, 6.07) is 8.60. The van der Waals surface area contributed by atoms with E-state index in [1.807, 2.05) is 7.05 Å². The summed E-state index contributed by atoms with van der Waals surface area (Å²) in [6.45, 7) is 6.22. The maximum atomic E-state index is 4.22. The minimum Gasteiger partial charge on any atom is -0.356 e. The van der Waals surface area contributed by atoms with E-state index in [9.17, 15) is 0 Å². The lowest BCUT2D eigenvalue weighted by Gasteiger charge is -2.13. The third kappa shape index (κ3) is 7.99. The van der Waals surface area contributed by atoms with Gasteiger partial charge in [-0.15, -0.1) is 35.7 Å². The quantitative estimate of drug-likeness (QED) is 0.327. The number of nitrogens with one attached hydrogen (secondary N) is 2. The second-order valence-electron chi connectivity index (χ2n) is 4.88. The summed E-state index contributed by atoms with van der Waals surface area (Å²) in [5, 5.41) is 6.66. The van der Waals surface area contributed by atoms with Crippen LogP contribution in [0.15, 0.2) is 34.2 Å². The number of hydrogen-bond donors (Lipinski definition) is 2. The Morgan fingerprint density at radius 3 is 2.35 bits per heavy atom. The summed E-state index contributed by atoms with van der Waals surface area (Å²) in [7, 11) is 1.81. The molecule has 1 aromatic rings. The van der Waals surface area contributed by atoms with Crippen molar-refractivity contribution in [3.05, 3.63) is 29.8 Å². The zero-order chi connectivity index (χ0) is 14.1. The van der Waals surface area contributed by atoms with Crippen molar-refractivity contribution in [2.24, 2.45) is 10.9 Å². The Balaban J connectivity index is 0.00000361. The van der Waals surface area contributed by atoms with E-state index in [0.717, 1.165) is 25.5 Å². The number of aliphatic imine (C=N–C) groups is 1. The van der Waals surface area contributed by atoms with Crippen molar-refractivity contribution in [2.75, 3.05) is 19.8 Å². The highest BCUT2D eigenvalue weighted by Crippen LogP contribution is 2.14. The second-order valence-corrected chi connectivity index (χ2v) is 5.76. The summed E-state index contributed by atoms with van der Waals surface area (Å²) >= 11 is 1.76. The lowest BCUT2D eigenvalue weighted by atomic mass is 10.1. The molecule has 0 atom stereocenters. The first-order valence-corrected chi connectivity index (χ1v) is 7.95. The zero-order valence-electron chi connectivity index (χ0n) is 12.8. The molecule has 20 heavy (non-hydrogen) atoms. The van der Waals surface area contributed by atoms with E-state index < -0.39 is 0 Å². The molecule has 114 valence electrons. The lowest BCUT2D eigenvalue weighted by Crippen LogP contribution is -2.37. The Labute approximate surface area is 144 Å². The molecular weight excluding hydrogens is 381 g/mol. The van der Waals surface area contributed by atoms with Crippen molar-refractivity contribution in [1.82, 2.24) is 10.6 Å². The van der Waals surface area contributed by atoms with Gasteiger partial charge in [0.15, 0.2) is 5.96 Å². The SMILES string of the molecule is CN=C(NCCC(C)C)NCc1ccc(SC)cc1.I. The minimum absolute atomic E-state index is 0. The number of nitrogens with zero attached hydrogens (tertiary/aromatic N) is 1. The average molecular weight is 407 g/mol. The van der Waals surface area contributed by atoms with Gasteiger partial charge >= 0.3 is 0 Å². The predicted molar refractivity (Wildman–Crippen MR) is 101 cm³/mol. The van der Waals surface area contributed by atoms with Gasteiger partial charge in [-0.1, -0.05) is 26.0 Å². The fourth-order valence-electron chi connectivity index (χ4n) is 1.63. The molecule has 0 fully saturated rings. The summed E-state index contributed by atoms with van der Waals surface area (Å²) in [5.41, 5.74) is 1.27. The van der Waals surface area contributed by atoms with Gasteiger partial charge in [0.2, 0.25) is 0 Å². The molecule has 0 heterocycles. The molecule has 0 spiro atoms. The van der Waals surface area contributed by atoms with Crippen LogP contribution in [0.3, 0.4) is 0 Å². The van der Waals surface area contributed by atoms with Crippen molar-refractivity contribution < 1.29 is 0 Å². The minimum atomic E-state index is 0. The Kier molecular flexibility index (Phi) is 11.0. The van der Waals surface area contributed by atoms with Crippen LogP contribution in [0.5, 0.6) is 0 Å². The van der Waals surface area contributed by atoms with Crippen LogP contribution in [-0.2, 0) is 6.54 Å². The van der Waals surface area contributed by atoms with Gasteiger partial charge in [-0.05, 0) is 36.3 Å². The van der Waals surface area contributed by atoms with Crippen molar-refractivity contribution >= 4 is 41.7 Å². The van der Waals surface area contributed by atoms with Crippen molar-refractivity contribution in [2.45, 2.75) is 31.7 Å². The normalized spacial score (nSPS) is 11.2. The molecule has 5 heteroatoms. The maximum absolute atomic E-state index is 4.22. The van der Waals surface area contributed by atoms with Crippen molar-refractivity contribution in [1.29, 1.82) is 0 Å². The van der Waals surface area contributed by atoms with E-state index in [1.165, 1.54) is 10.5 Å². The number of halogens is 1. The highest BCUT2D eigenvalue weighted by Gasteiger charge is 1.99. The Bertz CT molecular complexity index is 391. The first-order chi connectivity index (χ1) is 9.15. The topological polar surface area (TPSA) is 36.4 Å². The van der Waals surface area contributed by atoms with E-state index in [1.54, 1.807) is 11.8 Å². The van der Waals surface area contributed by atoms with E-state index in [2.05, 4.69) is 60.0 Å². The van der Waals surface area contributed by atoms with Gasteiger partial charge in [0.1, 0.15) is 0 Å². The van der Waals surface area contributed by atoms with Gasteiger partial charge in [0.05, 0.1) is 0 Å². The maximum Gasteiger partial charge on any atom is 0.191 e. The van der Waals surface area contributed by atoms with Gasteiger partial charge in [-0.2, -0.15) is 0 Å². The van der Waals surface area contributed by atoms with Crippen molar-refractivity contribution in [3.8, 4) is 0 Å². The summed E-state index contributed by atoms with van der Waals surface area (Å²) < 4.78 is 0. The number of guanidine groups is 1. The third-order valence-corrected chi connectivity index (χ3v) is 3.60. The van der Waals surface area contributed by atoms with Crippen molar-refractivity contribution in [3.63, 3.8) is 0 Å². The zero-order valence-corrected chi connectivity index (χ0v) is 15.9. The molecule has 0 saturated carbocycles. The molecule has 2 N–H and O–H groups in total. The third-order valence-electron chi connectivity index (χ3n) is 2.86. The molecule has 0 aliphatic heterocycles. The van der Waals surface area contributed by atoms with Crippen LogP contribution in [0.1, 0.15) is 25.8 Å². The molecule has 0 aromatic heterocycles. The molecule has 0 saturated heterocycles. The van der Waals surface area contributed by atoms with Crippen LogP contribution in [0.4, 0.5) is 0 Å². The standard InChI is InChI=1S/C15H25N3S.HI/c1-12(2)9-10-17-15(16-3)18-11-13-5-7-14(19-4)8-6-13;/h5-8,12H,9-11H2,1-4H3,(H2,16,17,18);1H. The van der Waals surface area contributed by atoms with E-state index in [4.69, 9.17) is 0 Å². The fraction of sp³-hybridized carbons (Fsp3) is 0.533. The molecule has 0 aliphatic carbocycles. The molecule has 0 bridgehead atoms. The molecule has 0 radical (unpaired) electrons. The smallest absolute Gasteiger partial charge is 0.191 e. The lowest BCUT2D eigenvalue weighted by molar-refractivity contribution is 0.573. The average Bonchev–Trinajstić information content (AvgIpc) is 2.42. The Morgan fingerprint density at radius 1 is 1.20 bits per heavy atom. The molecule has 0 amide bonds. The molecule has 3 nitrogen and oxygen atoms in total. The van der Waals surface area contributed by atoms with Gasteiger partial charge in [-0.25, -0.2) is 0 Å². The van der Waals surface area contributed by atoms with Gasteiger partial charge < -0.3 is 10.6 Å². The molecule has 0 unspecified atom stereocenters. The van der Waals surface area contributed by atoms with Crippen LogP contribution < -0.4 is 10.6 Å². The summed E-state index contributed by atoms with van der Waals surface area (Å²) in [5.74, 6) is 1.58. The van der Waals surface area contributed by atoms with Crippen LogP contribution in [0, 0.1) is 5.92 Å². The van der Waals surface area contributed by atoms with E-state index in [0.29, 0.717) is 5.92 Å². The number of benzene rings is 1. The first kappa shape index (κ1) is 19.6. The largest absolute Gasteiger partial charge is 0.356 e. The molecule has 1 rings (SSSR count).